The second kappa shape index (κ2) is 8.45. The van der Waals surface area contributed by atoms with Crippen molar-refractivity contribution in [3.05, 3.63) is 39.9 Å². The summed E-state index contributed by atoms with van der Waals surface area (Å²) in [5, 5.41) is 51.1. The summed E-state index contributed by atoms with van der Waals surface area (Å²) < 4.78 is 0. The number of hydrogen-bond acceptors (Lipinski definition) is 8. The number of benzene rings is 1. The Morgan fingerprint density at radius 1 is 1.21 bits per heavy atom. The first-order chi connectivity index (χ1) is 11.2. The van der Waals surface area contributed by atoms with E-state index in [-0.39, 0.29) is 5.56 Å². The second-order valence-corrected chi connectivity index (χ2v) is 5.05. The number of nitro groups is 1. The van der Waals surface area contributed by atoms with Crippen LogP contribution >= 0.6 is 0 Å². The van der Waals surface area contributed by atoms with Crippen molar-refractivity contribution in [3.8, 4) is 0 Å². The lowest BCUT2D eigenvalue weighted by Crippen LogP contribution is -2.55. The molecular weight excluding hydrogens is 324 g/mol. The molecule has 1 aromatic carbocycles. The smallest absolute Gasteiger partial charge is 0.280 e. The third-order valence-electron chi connectivity index (χ3n) is 3.28. The number of nitrogens with one attached hydrogen (secondary N) is 1. The summed E-state index contributed by atoms with van der Waals surface area (Å²) in [6.07, 6.45) is -5.73. The number of nitro benzene ring substituents is 1. The Labute approximate surface area is 136 Å². The molecule has 0 aromatic heterocycles. The number of aliphatic hydroxyl groups excluding tert-OH is 4. The van der Waals surface area contributed by atoms with Crippen LogP contribution in [0, 0.1) is 10.1 Å². The third-order valence-corrected chi connectivity index (χ3v) is 3.28. The standard InChI is InChI=1S/C14H18N2O8/c1-7(18)15-11(14(22)13(21)10(19)6-17)12(20)8-4-2-3-5-9(8)16(23)24/h2-5,10-11,13-14,17,19,21-22H,6H2,1H3,(H,15,18)/t10-,11+,13-,14-/m1/s1. The van der Waals surface area contributed by atoms with Crippen molar-refractivity contribution >= 4 is 17.4 Å². The van der Waals surface area contributed by atoms with Crippen LogP contribution in [0.1, 0.15) is 17.3 Å². The zero-order valence-corrected chi connectivity index (χ0v) is 12.7. The van der Waals surface area contributed by atoms with Crippen LogP contribution < -0.4 is 5.32 Å². The van der Waals surface area contributed by atoms with Crippen molar-refractivity contribution in [1.29, 1.82) is 0 Å². The molecular formula is C14H18N2O8. The molecule has 0 saturated heterocycles. The van der Waals surface area contributed by atoms with Gasteiger partial charge in [0.25, 0.3) is 5.69 Å². The van der Waals surface area contributed by atoms with Crippen molar-refractivity contribution in [2.24, 2.45) is 0 Å². The van der Waals surface area contributed by atoms with Gasteiger partial charge in [-0.2, -0.15) is 0 Å². The zero-order valence-electron chi connectivity index (χ0n) is 12.7. The molecule has 0 heterocycles. The minimum Gasteiger partial charge on any atom is -0.394 e. The van der Waals surface area contributed by atoms with Gasteiger partial charge in [-0.1, -0.05) is 12.1 Å². The van der Waals surface area contributed by atoms with E-state index in [1.807, 2.05) is 0 Å². The monoisotopic (exact) mass is 342 g/mol. The fraction of sp³-hybridized carbons (Fsp3) is 0.429. The maximum atomic E-state index is 12.5. The Bertz CT molecular complexity index is 621. The summed E-state index contributed by atoms with van der Waals surface area (Å²) in [4.78, 5) is 34.0. The molecule has 4 atom stereocenters. The molecule has 24 heavy (non-hydrogen) atoms. The summed E-state index contributed by atoms with van der Waals surface area (Å²) >= 11 is 0. The molecule has 132 valence electrons. The van der Waals surface area contributed by atoms with Gasteiger partial charge in [-0.05, 0) is 6.07 Å². The fourth-order valence-electron chi connectivity index (χ4n) is 2.07. The van der Waals surface area contributed by atoms with Gasteiger partial charge in [0.05, 0.1) is 17.1 Å². The number of Topliss-reactive ketones (excluding diaryl/α,β-unsaturated/α-hetero) is 1. The van der Waals surface area contributed by atoms with Gasteiger partial charge >= 0.3 is 0 Å². The number of para-hydroxylation sites is 1. The minimum absolute atomic E-state index is 0.383. The second-order valence-electron chi connectivity index (χ2n) is 5.05. The summed E-state index contributed by atoms with van der Waals surface area (Å²) in [6, 6.07) is 3.15. The molecule has 0 aliphatic rings. The molecule has 1 amide bonds. The zero-order chi connectivity index (χ0) is 18.4. The van der Waals surface area contributed by atoms with Gasteiger partial charge in [-0.25, -0.2) is 0 Å². The first kappa shape index (κ1) is 19.6. The quantitative estimate of drug-likeness (QED) is 0.213. The lowest BCUT2D eigenvalue weighted by Gasteiger charge is -2.28. The van der Waals surface area contributed by atoms with Crippen LogP contribution in [-0.4, -0.2) is 68.0 Å². The maximum absolute atomic E-state index is 12.5. The molecule has 0 aliphatic carbocycles. The molecule has 0 radical (unpaired) electrons. The van der Waals surface area contributed by atoms with Crippen molar-refractivity contribution < 1.29 is 34.9 Å². The fourth-order valence-corrected chi connectivity index (χ4v) is 2.07. The normalized spacial score (nSPS) is 15.9. The SMILES string of the molecule is CC(=O)N[C@@H](C(=O)c1ccccc1[N+](=O)[O-])[C@@H](O)[C@H](O)[C@H](O)CO. The highest BCUT2D eigenvalue weighted by Gasteiger charge is 2.38. The number of ketones is 1. The lowest BCUT2D eigenvalue weighted by atomic mass is 9.93. The van der Waals surface area contributed by atoms with Crippen LogP contribution in [0.5, 0.6) is 0 Å². The molecule has 0 spiro atoms. The Balaban J connectivity index is 3.24. The third kappa shape index (κ3) is 4.55. The summed E-state index contributed by atoms with van der Waals surface area (Å²) in [5.74, 6) is -1.76. The maximum Gasteiger partial charge on any atom is 0.280 e. The summed E-state index contributed by atoms with van der Waals surface area (Å²) in [6.45, 7) is 0.145. The predicted molar refractivity (Wildman–Crippen MR) is 80.1 cm³/mol. The molecule has 0 fully saturated rings. The van der Waals surface area contributed by atoms with Gasteiger partial charge in [0, 0.05) is 13.0 Å². The topological polar surface area (TPSA) is 170 Å². The van der Waals surface area contributed by atoms with E-state index in [4.69, 9.17) is 5.11 Å². The van der Waals surface area contributed by atoms with Gasteiger partial charge in [0.2, 0.25) is 5.91 Å². The Morgan fingerprint density at radius 2 is 1.79 bits per heavy atom. The molecule has 0 bridgehead atoms. The number of aliphatic hydroxyl groups is 4. The number of carbonyl (C=O) groups is 2. The van der Waals surface area contributed by atoms with Crippen LogP contribution in [0.2, 0.25) is 0 Å². The van der Waals surface area contributed by atoms with E-state index in [9.17, 15) is 35.0 Å². The van der Waals surface area contributed by atoms with Crippen LogP contribution in [-0.2, 0) is 4.79 Å². The number of amides is 1. The van der Waals surface area contributed by atoms with E-state index in [0.717, 1.165) is 19.1 Å². The lowest BCUT2D eigenvalue weighted by molar-refractivity contribution is -0.385. The molecule has 0 aliphatic heterocycles. The van der Waals surface area contributed by atoms with E-state index in [2.05, 4.69) is 5.32 Å². The van der Waals surface area contributed by atoms with Crippen molar-refractivity contribution in [2.75, 3.05) is 6.61 Å². The van der Waals surface area contributed by atoms with Crippen molar-refractivity contribution in [3.63, 3.8) is 0 Å². The van der Waals surface area contributed by atoms with E-state index >= 15 is 0 Å². The first-order valence-electron chi connectivity index (χ1n) is 6.90. The van der Waals surface area contributed by atoms with Crippen molar-refractivity contribution in [1.82, 2.24) is 5.32 Å². The van der Waals surface area contributed by atoms with Crippen LogP contribution in [0.3, 0.4) is 0 Å². The Kier molecular flexibility index (Phi) is 6.92. The van der Waals surface area contributed by atoms with Gasteiger partial charge < -0.3 is 25.7 Å². The highest BCUT2D eigenvalue weighted by Crippen LogP contribution is 2.21. The first-order valence-corrected chi connectivity index (χ1v) is 6.90. The molecule has 5 N–H and O–H groups in total. The highest BCUT2D eigenvalue weighted by atomic mass is 16.6. The Hall–Kier alpha value is -2.40. The van der Waals surface area contributed by atoms with Crippen molar-refractivity contribution in [2.45, 2.75) is 31.3 Å². The molecule has 10 nitrogen and oxygen atoms in total. The van der Waals surface area contributed by atoms with Crippen LogP contribution in [0.15, 0.2) is 24.3 Å². The average molecular weight is 342 g/mol. The van der Waals surface area contributed by atoms with Crippen LogP contribution in [0.4, 0.5) is 5.69 Å². The largest absolute Gasteiger partial charge is 0.394 e. The number of carbonyl (C=O) groups excluding carboxylic acids is 2. The Morgan fingerprint density at radius 3 is 2.29 bits per heavy atom. The van der Waals surface area contributed by atoms with Gasteiger partial charge in [0.15, 0.2) is 5.78 Å². The van der Waals surface area contributed by atoms with Gasteiger partial charge in [0.1, 0.15) is 24.4 Å². The number of nitrogens with zero attached hydrogens (tertiary/aromatic N) is 1. The van der Waals surface area contributed by atoms with E-state index < -0.39 is 53.3 Å². The average Bonchev–Trinajstić information content (AvgIpc) is 2.56. The summed E-state index contributed by atoms with van der Waals surface area (Å²) in [5.41, 5.74) is -0.923. The highest BCUT2D eigenvalue weighted by molar-refractivity contribution is 6.05. The predicted octanol–water partition coefficient (Wildman–Crippen LogP) is -1.64. The summed E-state index contributed by atoms with van der Waals surface area (Å²) in [7, 11) is 0. The molecule has 10 heteroatoms. The van der Waals surface area contributed by atoms with Gasteiger partial charge in [-0.15, -0.1) is 0 Å². The molecule has 1 rings (SSSR count). The number of hydrogen-bond donors (Lipinski definition) is 5. The molecule has 0 saturated carbocycles. The van der Waals surface area contributed by atoms with Gasteiger partial charge in [-0.3, -0.25) is 19.7 Å². The van der Waals surface area contributed by atoms with E-state index in [1.54, 1.807) is 0 Å². The number of rotatable bonds is 8. The van der Waals surface area contributed by atoms with E-state index in [1.165, 1.54) is 12.1 Å². The molecule has 0 unspecified atom stereocenters. The van der Waals surface area contributed by atoms with Crippen LogP contribution in [0.25, 0.3) is 0 Å². The molecule has 1 aromatic rings. The van der Waals surface area contributed by atoms with E-state index in [0.29, 0.717) is 0 Å². The minimum atomic E-state index is -2.00.